The Labute approximate surface area is 290 Å². The lowest BCUT2D eigenvalue weighted by Gasteiger charge is -2.39. The average Bonchev–Trinajstić information content (AvgIpc) is 3.59. The van der Waals surface area contributed by atoms with Crippen LogP contribution in [0.5, 0.6) is 0 Å². The summed E-state index contributed by atoms with van der Waals surface area (Å²) in [6.45, 7) is 4.28. The number of aromatic nitrogens is 3. The van der Waals surface area contributed by atoms with Gasteiger partial charge in [0, 0.05) is 32.4 Å². The fraction of sp³-hybridized carbons (Fsp3) is 0.543. The molecule has 2 aliphatic rings. The standard InChI is InChI=1S/C35H46N6O9/c1-46-35-33(44)32(43)31(42)30(50-35)22-41-21-28(38-39-41)23-49-16-15-48-14-13-47-12-9-37-34(45)27(20-36)18-24-5-6-26-19-29(8-7-25(26)17-24)40-10-3-2-4-11-40/h5-8,17-19,21,30-33,35,42-44H,2-4,9-16,22-23H2,1H3,(H,37,45)/b27-18-/t30-,31+,32+,33-,35+/m1/s1. The molecule has 3 heterocycles. The van der Waals surface area contributed by atoms with Gasteiger partial charge in [-0.05, 0) is 59.9 Å². The number of methoxy groups -OCH3 is 1. The van der Waals surface area contributed by atoms with Gasteiger partial charge in [-0.1, -0.05) is 23.4 Å². The number of nitrogens with one attached hydrogen (secondary N) is 1. The number of amides is 1. The van der Waals surface area contributed by atoms with Crippen LogP contribution < -0.4 is 10.2 Å². The number of fused-ring (bicyclic) bond motifs is 1. The number of benzene rings is 2. The van der Waals surface area contributed by atoms with Crippen LogP contribution in [0.15, 0.2) is 48.2 Å². The van der Waals surface area contributed by atoms with Crippen LogP contribution in [0.25, 0.3) is 16.8 Å². The van der Waals surface area contributed by atoms with Crippen LogP contribution in [0.3, 0.4) is 0 Å². The lowest BCUT2D eigenvalue weighted by Crippen LogP contribution is -2.58. The van der Waals surface area contributed by atoms with Gasteiger partial charge in [-0.25, -0.2) is 4.68 Å². The van der Waals surface area contributed by atoms with Gasteiger partial charge in [-0.3, -0.25) is 4.79 Å². The molecule has 15 nitrogen and oxygen atoms in total. The van der Waals surface area contributed by atoms with Crippen LogP contribution in [0.2, 0.25) is 0 Å². The van der Waals surface area contributed by atoms with Crippen LogP contribution >= 0.6 is 0 Å². The highest BCUT2D eigenvalue weighted by molar-refractivity contribution is 6.02. The molecule has 2 fully saturated rings. The number of rotatable bonds is 17. The van der Waals surface area contributed by atoms with Gasteiger partial charge in [0.15, 0.2) is 6.29 Å². The molecule has 1 aromatic heterocycles. The molecule has 15 heteroatoms. The Morgan fingerprint density at radius 1 is 0.980 bits per heavy atom. The summed E-state index contributed by atoms with van der Waals surface area (Å²) in [4.78, 5) is 15.0. The van der Waals surface area contributed by atoms with E-state index in [1.807, 2.05) is 24.3 Å². The predicted octanol–water partition coefficient (Wildman–Crippen LogP) is 1.15. The molecule has 5 rings (SSSR count). The van der Waals surface area contributed by atoms with Crippen molar-refractivity contribution < 1.29 is 43.8 Å². The highest BCUT2D eigenvalue weighted by Crippen LogP contribution is 2.26. The maximum atomic E-state index is 12.6. The van der Waals surface area contributed by atoms with Crippen molar-refractivity contribution in [3.63, 3.8) is 0 Å². The minimum atomic E-state index is -1.41. The fourth-order valence-corrected chi connectivity index (χ4v) is 5.89. The first-order valence-electron chi connectivity index (χ1n) is 16.9. The second-order valence-corrected chi connectivity index (χ2v) is 12.2. The summed E-state index contributed by atoms with van der Waals surface area (Å²) in [5.41, 5.74) is 2.60. The van der Waals surface area contributed by atoms with Crippen molar-refractivity contribution in [2.75, 3.05) is 64.7 Å². The van der Waals surface area contributed by atoms with Gasteiger partial charge in [-0.2, -0.15) is 5.26 Å². The molecule has 2 aliphatic heterocycles. The van der Waals surface area contributed by atoms with Crippen LogP contribution in [0, 0.1) is 11.3 Å². The quantitative estimate of drug-likeness (QED) is 0.0894. The molecular weight excluding hydrogens is 648 g/mol. The van der Waals surface area contributed by atoms with Gasteiger partial charge in [0.1, 0.15) is 41.8 Å². The van der Waals surface area contributed by atoms with Gasteiger partial charge in [-0.15, -0.1) is 5.10 Å². The predicted molar refractivity (Wildman–Crippen MR) is 182 cm³/mol. The van der Waals surface area contributed by atoms with Crippen molar-refractivity contribution >= 4 is 28.4 Å². The molecule has 0 bridgehead atoms. The maximum absolute atomic E-state index is 12.6. The number of anilines is 1. The van der Waals surface area contributed by atoms with E-state index >= 15 is 0 Å². The molecule has 0 aliphatic carbocycles. The van der Waals surface area contributed by atoms with E-state index in [2.05, 4.69) is 38.7 Å². The van der Waals surface area contributed by atoms with Gasteiger partial charge in [0.05, 0.1) is 52.4 Å². The van der Waals surface area contributed by atoms with Crippen molar-refractivity contribution in [2.45, 2.75) is 63.1 Å². The highest BCUT2D eigenvalue weighted by Gasteiger charge is 2.44. The van der Waals surface area contributed by atoms with Crippen molar-refractivity contribution in [1.29, 1.82) is 5.26 Å². The fourth-order valence-electron chi connectivity index (χ4n) is 5.89. The molecule has 3 aromatic rings. The minimum absolute atomic E-state index is 0.0259. The number of aliphatic hydroxyl groups is 3. The second-order valence-electron chi connectivity index (χ2n) is 12.2. The SMILES string of the molecule is CO[C@H]1O[C@H](Cn2cc(COCCOCCOCCNC(=O)/C(C#N)=C\c3ccc4cc(N5CCCCC5)ccc4c3)nn2)[C@H](O)[C@H](O)[C@H]1O. The number of carbonyl (C=O) groups is 1. The number of nitriles is 1. The first kappa shape index (κ1) is 37.3. The summed E-state index contributed by atoms with van der Waals surface area (Å²) in [5.74, 6) is -0.455. The number of carbonyl (C=O) groups excluding carboxylic acids is 1. The normalized spacial score (nSPS) is 22.8. The third kappa shape index (κ3) is 10.3. The Morgan fingerprint density at radius 3 is 2.46 bits per heavy atom. The molecule has 50 heavy (non-hydrogen) atoms. The summed E-state index contributed by atoms with van der Waals surface area (Å²) in [7, 11) is 1.34. The summed E-state index contributed by atoms with van der Waals surface area (Å²) in [6, 6.07) is 14.4. The first-order valence-corrected chi connectivity index (χ1v) is 16.9. The molecule has 2 saturated heterocycles. The highest BCUT2D eigenvalue weighted by atomic mass is 16.7. The van der Waals surface area contributed by atoms with E-state index in [1.165, 1.54) is 36.7 Å². The Balaban J connectivity index is 0.920. The van der Waals surface area contributed by atoms with Crippen LogP contribution in [0.4, 0.5) is 5.69 Å². The zero-order valence-electron chi connectivity index (χ0n) is 28.2. The zero-order chi connectivity index (χ0) is 35.3. The molecule has 0 unspecified atom stereocenters. The first-order chi connectivity index (χ1) is 24.4. The topological polar surface area (TPSA) is 194 Å². The molecule has 0 saturated carbocycles. The van der Waals surface area contributed by atoms with E-state index in [4.69, 9.17) is 23.7 Å². The Morgan fingerprint density at radius 2 is 1.70 bits per heavy atom. The second kappa shape index (κ2) is 18.9. The van der Waals surface area contributed by atoms with E-state index in [0.29, 0.717) is 32.1 Å². The lowest BCUT2D eigenvalue weighted by atomic mass is 9.99. The lowest BCUT2D eigenvalue weighted by molar-refractivity contribution is -0.292. The third-order valence-corrected chi connectivity index (χ3v) is 8.63. The van der Waals surface area contributed by atoms with Crippen LogP contribution in [-0.2, 0) is 41.6 Å². The number of aliphatic hydroxyl groups excluding tert-OH is 3. The Kier molecular flexibility index (Phi) is 14.1. The summed E-state index contributed by atoms with van der Waals surface area (Å²) >= 11 is 0. The molecule has 0 radical (unpaired) electrons. The number of hydrogen-bond acceptors (Lipinski definition) is 13. The number of ether oxygens (including phenoxy) is 5. The summed E-state index contributed by atoms with van der Waals surface area (Å²) in [5, 5.41) is 52.7. The van der Waals surface area contributed by atoms with Gasteiger partial charge in [0.25, 0.3) is 5.91 Å². The third-order valence-electron chi connectivity index (χ3n) is 8.63. The minimum Gasteiger partial charge on any atom is -0.388 e. The molecule has 0 spiro atoms. The number of piperidine rings is 1. The van der Waals surface area contributed by atoms with Crippen molar-refractivity contribution in [3.05, 3.63) is 59.4 Å². The molecule has 270 valence electrons. The van der Waals surface area contributed by atoms with Crippen molar-refractivity contribution in [3.8, 4) is 6.07 Å². The van der Waals surface area contributed by atoms with Crippen LogP contribution in [-0.4, -0.2) is 127 Å². The molecule has 5 atom stereocenters. The summed E-state index contributed by atoms with van der Waals surface area (Å²) in [6.07, 6.45) is 0.944. The van der Waals surface area contributed by atoms with Crippen LogP contribution in [0.1, 0.15) is 30.5 Å². The zero-order valence-corrected chi connectivity index (χ0v) is 28.2. The maximum Gasteiger partial charge on any atom is 0.262 e. The number of hydrogen-bond donors (Lipinski definition) is 4. The van der Waals surface area contributed by atoms with Crippen molar-refractivity contribution in [2.24, 2.45) is 0 Å². The largest absolute Gasteiger partial charge is 0.388 e. The molecular formula is C35H46N6O9. The van der Waals surface area contributed by atoms with Crippen molar-refractivity contribution in [1.82, 2.24) is 20.3 Å². The Bertz CT molecular complexity index is 1600. The molecule has 2 aromatic carbocycles. The van der Waals surface area contributed by atoms with E-state index < -0.39 is 36.6 Å². The van der Waals surface area contributed by atoms with E-state index in [-0.39, 0.29) is 31.9 Å². The van der Waals surface area contributed by atoms with Gasteiger partial charge in [0.2, 0.25) is 0 Å². The molecule has 1 amide bonds. The smallest absolute Gasteiger partial charge is 0.262 e. The van der Waals surface area contributed by atoms with E-state index in [0.717, 1.165) is 29.4 Å². The number of nitrogens with zero attached hydrogens (tertiary/aromatic N) is 5. The monoisotopic (exact) mass is 694 g/mol. The van der Waals surface area contributed by atoms with E-state index in [1.54, 1.807) is 12.3 Å². The van der Waals surface area contributed by atoms with Gasteiger partial charge >= 0.3 is 0 Å². The molecule has 4 N–H and O–H groups in total. The summed E-state index contributed by atoms with van der Waals surface area (Å²) < 4.78 is 28.6. The Hall–Kier alpha value is -3.98. The van der Waals surface area contributed by atoms with E-state index in [9.17, 15) is 25.4 Å². The van der Waals surface area contributed by atoms with Gasteiger partial charge < -0.3 is 49.2 Å². The average molecular weight is 695 g/mol.